The van der Waals surface area contributed by atoms with Crippen LogP contribution >= 0.6 is 11.8 Å². The van der Waals surface area contributed by atoms with E-state index in [1.165, 1.54) is 58.5 Å². The number of rotatable bonds is 27. The second-order valence-corrected chi connectivity index (χ2v) is 35.3. The number of para-hydroxylation sites is 2. The van der Waals surface area contributed by atoms with Crippen LogP contribution in [0.3, 0.4) is 0 Å². The Hall–Kier alpha value is -13.2. The number of methoxy groups -OCH3 is 1. The molecule has 3 aromatic carbocycles. The average molecular weight is 1930 g/mol. The summed E-state index contributed by atoms with van der Waals surface area (Å²) in [5, 5.41) is 97.1. The number of ether oxygens (including phenoxy) is 1. The summed E-state index contributed by atoms with van der Waals surface area (Å²) in [5.41, 5.74) is 19.2. The quantitative estimate of drug-likeness (QED) is 0.0230. The van der Waals surface area contributed by atoms with Gasteiger partial charge >= 0.3 is 5.97 Å². The number of fused-ring (bicyclic) bond motifs is 4. The van der Waals surface area contributed by atoms with Crippen LogP contribution in [0.5, 0.6) is 5.75 Å². The standard InChI is InChI=1S/C90H125N22O24S/c1-8-10-20-68-83(128)105-65(44-114)82(127)106-66(78(123)96-39-74(93)118)45-137-46-75(119)98-61(31-49-24-26-54(136-7)27-25-49)86(131)107(4)48(3)77(122)102-63(36-73(92)117)89(134)111-30-16-23-69(111)84(129)101-60(34-52-38-94-47-97-52)80(125)99-58(28-29-72(91)116)88(133)112-41-53(115)35-71(112)85(130)100-59(32-50-37-95-57-19-14-12-17-55(50)57)79(124)104-64(43-113)81(126)103-62(87(132)109(6)70(21-11-9-2)90(135)108(68)5)33-51-40-110(42-76(120)121)67-22-15-13-18-56(51)67/h12-15,17-19,22,24-27,37-38,40,47-48,53,58-66,68-71,81,86,95,113-115,126,131H,8-11,16,20-21,23,28-36,39,41-46H2,1-7H3,(H2,91,116)(H2,92,117)(H2,93,118)(H,94,97)(H,96,123)(H,98,119)(H,99,125)(H,100,130)(H,101,129)(H,102,122)(H,104,124)(H,105,128)(H,106,127)(H,120,121)/q-1/t48-,53+,58-,59-,60-,61-,62-,63-,64-,65-,66-,68-,69-,70-,71-,81?,86?/m0/s1. The zero-order valence-corrected chi connectivity index (χ0v) is 78.1. The Bertz CT molecular complexity index is 5250. The van der Waals surface area contributed by atoms with Gasteiger partial charge in [0.25, 0.3) is 0 Å². The van der Waals surface area contributed by atoms with Crippen LogP contribution in [0.25, 0.3) is 27.1 Å². The molecule has 16 amide bonds. The minimum absolute atomic E-state index is 0.0620. The van der Waals surface area contributed by atoms with Crippen molar-refractivity contribution < 1.29 is 117 Å². The molecular formula is C90H125N22O24S-. The number of unbranched alkanes of at least 4 members (excludes halogenated alkanes) is 2. The predicted octanol–water partition coefficient (Wildman–Crippen LogP) is -4.75. The number of aromatic nitrogens is 4. The third-order valence-corrected chi connectivity index (χ3v) is 25.5. The number of carbonyl (C=O) groups excluding carboxylic acids is 16. The van der Waals surface area contributed by atoms with Gasteiger partial charge in [-0.3, -0.25) is 86.4 Å². The van der Waals surface area contributed by atoms with Gasteiger partial charge in [-0.2, -0.15) is 0 Å². The van der Waals surface area contributed by atoms with Gasteiger partial charge in [0.15, 0.2) is 0 Å². The zero-order chi connectivity index (χ0) is 100. The molecule has 17 atom stereocenters. The van der Waals surface area contributed by atoms with Crippen LogP contribution in [0.1, 0.15) is 120 Å². The van der Waals surface area contributed by atoms with Crippen molar-refractivity contribution in [3.8, 4) is 5.75 Å². The van der Waals surface area contributed by atoms with Crippen molar-refractivity contribution in [3.05, 3.63) is 125 Å². The van der Waals surface area contributed by atoms with E-state index in [9.17, 15) is 83.4 Å². The topological polar surface area (TPSA) is 687 Å². The fourth-order valence-electron chi connectivity index (χ4n) is 16.8. The van der Waals surface area contributed by atoms with Gasteiger partial charge in [-0.25, -0.2) is 4.98 Å². The van der Waals surface area contributed by atoms with Crippen LogP contribution in [-0.2, 0) is 114 Å². The van der Waals surface area contributed by atoms with E-state index >= 15 is 28.8 Å². The number of aliphatic hydroxyl groups excluding tert-OH is 5. The van der Waals surface area contributed by atoms with Gasteiger partial charge in [-0.15, -0.1) is 11.8 Å². The highest BCUT2D eigenvalue weighted by Gasteiger charge is 2.47. The van der Waals surface area contributed by atoms with Gasteiger partial charge in [0.05, 0.1) is 75.3 Å². The number of carbonyl (C=O) groups is 17. The number of aliphatic carboxylic acids is 1. The Morgan fingerprint density at radius 3 is 1.87 bits per heavy atom. The molecule has 0 radical (unpaired) electrons. The number of aromatic amines is 2. The van der Waals surface area contributed by atoms with Crippen molar-refractivity contribution in [1.29, 1.82) is 0 Å². The number of benzene rings is 3. The fraction of sp³-hybridized carbons (Fsp3) is 0.533. The van der Waals surface area contributed by atoms with E-state index in [2.05, 4.69) is 68.1 Å². The summed E-state index contributed by atoms with van der Waals surface area (Å²) in [6.45, 7) is 0.598. The highest BCUT2D eigenvalue weighted by Crippen LogP contribution is 2.31. The summed E-state index contributed by atoms with van der Waals surface area (Å²) >= 11 is 0.750. The van der Waals surface area contributed by atoms with Crippen molar-refractivity contribution in [1.82, 2.24) is 91.9 Å². The van der Waals surface area contributed by atoms with Crippen LogP contribution in [0.15, 0.2) is 97.7 Å². The molecule has 6 aromatic rings. The van der Waals surface area contributed by atoms with Crippen molar-refractivity contribution in [2.75, 3.05) is 72.6 Å². The number of aliphatic hydroxyl groups is 5. The number of thioether (sulfide) groups is 1. The first-order chi connectivity index (χ1) is 65.3. The minimum Gasteiger partial charge on any atom is -0.624 e. The lowest BCUT2D eigenvalue weighted by Crippen LogP contribution is -2.61. The Morgan fingerprint density at radius 2 is 1.23 bits per heavy atom. The van der Waals surface area contributed by atoms with Crippen molar-refractivity contribution in [2.45, 2.75) is 233 Å². The van der Waals surface area contributed by atoms with Gasteiger partial charge in [0.2, 0.25) is 94.5 Å². The highest BCUT2D eigenvalue weighted by molar-refractivity contribution is 8.00. The zero-order valence-electron chi connectivity index (χ0n) is 77.3. The molecule has 0 bridgehead atoms. The molecule has 47 heteroatoms. The molecule has 0 spiro atoms. The number of imidazole rings is 1. The molecule has 9 rings (SSSR count). The molecule has 6 heterocycles. The first-order valence-electron chi connectivity index (χ1n) is 45.2. The average Bonchev–Trinajstić information content (AvgIpc) is 1.63. The molecule has 0 aliphatic carbocycles. The van der Waals surface area contributed by atoms with Crippen LogP contribution in [0.4, 0.5) is 0 Å². The summed E-state index contributed by atoms with van der Waals surface area (Å²) < 4.78 is 6.74. The Labute approximate surface area is 793 Å². The lowest BCUT2D eigenvalue weighted by atomic mass is 10.00. The van der Waals surface area contributed by atoms with Gasteiger partial charge in [-0.05, 0) is 112 Å². The molecule has 0 saturated carbocycles. The number of amides is 16. The van der Waals surface area contributed by atoms with Crippen LogP contribution < -0.4 is 69.8 Å². The van der Waals surface area contributed by atoms with Gasteiger partial charge in [-0.1, -0.05) is 88.1 Å². The number of carboxylic acid groups (broad SMARTS) is 1. The van der Waals surface area contributed by atoms with Crippen molar-refractivity contribution in [2.24, 2.45) is 17.2 Å². The summed E-state index contributed by atoms with van der Waals surface area (Å²) in [6.07, 6.45) is -2.40. The number of primary amides is 3. The molecule has 2 unspecified atom stereocenters. The number of nitrogens with one attached hydrogen (secondary N) is 11. The van der Waals surface area contributed by atoms with E-state index < -0.39 is 287 Å². The Balaban J connectivity index is 1.11. The second kappa shape index (κ2) is 51.1. The van der Waals surface area contributed by atoms with Gasteiger partial charge in [0, 0.05) is 99.0 Å². The number of hydrogen-bond donors (Lipinski definition) is 20. The minimum atomic E-state index is -2.28. The molecular weight excluding hydrogens is 1810 g/mol. The molecule has 3 aliphatic rings. The number of likely N-dealkylation sites (N-methyl/N-ethyl adjacent to an activating group) is 3. The predicted molar refractivity (Wildman–Crippen MR) is 495 cm³/mol. The molecule has 3 aliphatic heterocycles. The van der Waals surface area contributed by atoms with E-state index in [-0.39, 0.29) is 63.6 Å². The highest BCUT2D eigenvalue weighted by atomic mass is 32.2. The first-order valence-corrected chi connectivity index (χ1v) is 46.3. The Morgan fingerprint density at radius 1 is 0.606 bits per heavy atom. The summed E-state index contributed by atoms with van der Waals surface area (Å²) in [4.78, 5) is 260. The smallest absolute Gasteiger partial charge is 0.323 e. The summed E-state index contributed by atoms with van der Waals surface area (Å²) in [5.74, 6) is -18.0. The Kier molecular flexibility index (Phi) is 40.1. The first kappa shape index (κ1) is 107. The van der Waals surface area contributed by atoms with Gasteiger partial charge < -0.3 is 140 Å². The number of nitrogens with zero attached hydrogens (tertiary/aromatic N) is 8. The molecule has 3 fully saturated rings. The van der Waals surface area contributed by atoms with E-state index in [1.54, 1.807) is 92.8 Å². The largest absolute Gasteiger partial charge is 0.624 e. The number of carboxylic acids is 1. The maximum Gasteiger partial charge on any atom is 0.323 e. The molecule has 23 N–H and O–H groups in total. The van der Waals surface area contributed by atoms with E-state index in [0.29, 0.717) is 57.1 Å². The normalized spacial score (nSPS) is 25.8. The van der Waals surface area contributed by atoms with E-state index in [0.717, 1.165) is 36.3 Å². The lowest BCUT2D eigenvalue weighted by molar-refractivity contribution is -0.148. The second-order valence-electron chi connectivity index (χ2n) is 34.3. The maximum absolute atomic E-state index is 15.8. The third kappa shape index (κ3) is 29.4. The monoisotopic (exact) mass is 1930 g/mol. The number of H-pyrrole nitrogens is 2. The maximum atomic E-state index is 15.8. The summed E-state index contributed by atoms with van der Waals surface area (Å²) in [6, 6.07) is -3.17. The summed E-state index contributed by atoms with van der Waals surface area (Å²) in [7, 11) is 5.27. The third-order valence-electron chi connectivity index (χ3n) is 24.5. The number of nitrogens with two attached hydrogens (primary N) is 3. The molecule has 3 saturated heterocycles. The van der Waals surface area contributed by atoms with Crippen molar-refractivity contribution >= 4 is 134 Å². The van der Waals surface area contributed by atoms with Crippen molar-refractivity contribution in [3.63, 3.8) is 0 Å². The van der Waals surface area contributed by atoms with Crippen LogP contribution in [0.2, 0.25) is 0 Å². The fourth-order valence-corrected chi connectivity index (χ4v) is 17.7. The molecule has 746 valence electrons. The van der Waals surface area contributed by atoms with Crippen LogP contribution in [0, 0.1) is 0 Å². The molecule has 46 nitrogen and oxygen atoms in total. The SMILES string of the molecule is CCCC[C@H]1C(=O)N(C)[C@@H](CCCC)C(=O)N[C@@H](CO)C(=O)N[C@H](C(=O)NCC(N)=O)CSCC(=O)N[C@@H](Cc2ccc(OC)cc2)C(O)N(C)[C@@H](C)C(=O)N[C@@H](CC(N)=O)C(=O)N2CCC[C@H]2C(=O)N[C@@H](Cc2c[nH]cn2)C(=O)N[C@@H](CCC(N)=O)C(=O)N2C[C@H](O)C[C@H]2C(=O)N[C@@H](Cc2c[nH]c3ccccc23)C(=O)N[C@@H](CO)C(O)[N-][C@@H](Cc2cn(CC(=O)O)c3ccccc23)C(=O)N1C. The van der Waals surface area contributed by atoms with Gasteiger partial charge in [0.1, 0.15) is 78.9 Å². The van der Waals surface area contributed by atoms with E-state index in [4.69, 9.17) is 21.9 Å². The van der Waals surface area contributed by atoms with Crippen LogP contribution in [-0.4, -0.2) is 351 Å². The molecule has 3 aromatic heterocycles. The van der Waals surface area contributed by atoms with E-state index in [1.807, 2.05) is 0 Å². The molecule has 137 heavy (non-hydrogen) atoms. The lowest BCUT2D eigenvalue weighted by Gasteiger charge is -2.43. The number of hydrogen-bond acceptors (Lipinski definition) is 26.